The molecule has 0 atom stereocenters. The Morgan fingerprint density at radius 2 is 1.00 bits per heavy atom. The van der Waals surface area contributed by atoms with Crippen molar-refractivity contribution in [3.8, 4) is 11.4 Å². The van der Waals surface area contributed by atoms with Gasteiger partial charge in [0.1, 0.15) is 0 Å². The summed E-state index contributed by atoms with van der Waals surface area (Å²) < 4.78 is 4.75. The van der Waals surface area contributed by atoms with Crippen molar-refractivity contribution in [3.05, 3.63) is 217 Å². The predicted octanol–water partition coefficient (Wildman–Crippen LogP) is 13.9. The average molecular weight is 749 g/mol. The van der Waals surface area contributed by atoms with Crippen LogP contribution in [-0.2, 0) is 0 Å². The van der Waals surface area contributed by atoms with Gasteiger partial charge in [0.15, 0.2) is 0 Å². The molecular formula is C54H44N4. The fraction of sp³-hybridized carbons (Fsp3) is 0.0741. The predicted molar refractivity (Wildman–Crippen MR) is 247 cm³/mol. The molecule has 0 unspecified atom stereocenters. The van der Waals surface area contributed by atoms with Crippen molar-refractivity contribution >= 4 is 66.6 Å². The number of nitrogens with zero attached hydrogens (tertiary/aromatic N) is 3. The molecule has 280 valence electrons. The molecule has 1 N–H and O–H groups in total. The molecule has 0 fully saturated rings. The smallest absolute Gasteiger partial charge is 0.0541 e. The van der Waals surface area contributed by atoms with Crippen LogP contribution in [0.5, 0.6) is 0 Å². The zero-order valence-electron chi connectivity index (χ0n) is 32.8. The summed E-state index contributed by atoms with van der Waals surface area (Å²) in [5.74, 6) is 0. The third-order valence-corrected chi connectivity index (χ3v) is 11.6. The van der Waals surface area contributed by atoms with E-state index in [0.717, 1.165) is 41.3 Å². The molecule has 4 heteroatoms. The van der Waals surface area contributed by atoms with E-state index < -0.39 is 0 Å². The van der Waals surface area contributed by atoms with Gasteiger partial charge in [-0.2, -0.15) is 0 Å². The van der Waals surface area contributed by atoms with E-state index in [2.05, 4.69) is 227 Å². The second-order valence-corrected chi connectivity index (χ2v) is 14.8. The molecule has 0 saturated heterocycles. The quantitative estimate of drug-likeness (QED) is 0.149. The topological polar surface area (TPSA) is 25.1 Å². The van der Waals surface area contributed by atoms with Gasteiger partial charge in [-0.15, -0.1) is 0 Å². The molecule has 0 spiro atoms. The number of aromatic nitrogens is 2. The van der Waals surface area contributed by atoms with Crippen molar-refractivity contribution in [3.63, 3.8) is 0 Å². The summed E-state index contributed by atoms with van der Waals surface area (Å²) in [4.78, 5) is 2.36. The van der Waals surface area contributed by atoms with E-state index in [1.165, 1.54) is 66.0 Å². The summed E-state index contributed by atoms with van der Waals surface area (Å²) in [5, 5.41) is 8.50. The first kappa shape index (κ1) is 35.1. The molecule has 1 aliphatic rings. The van der Waals surface area contributed by atoms with Crippen LogP contribution in [0.25, 0.3) is 66.6 Å². The lowest BCUT2D eigenvalue weighted by molar-refractivity contribution is 0.847. The Morgan fingerprint density at radius 3 is 1.47 bits per heavy atom. The summed E-state index contributed by atoms with van der Waals surface area (Å²) in [6.45, 7) is 2.13. The van der Waals surface area contributed by atoms with E-state index in [1.54, 1.807) is 0 Å². The fourth-order valence-corrected chi connectivity index (χ4v) is 8.89. The number of hydrogen-bond acceptors (Lipinski definition) is 2. The lowest BCUT2D eigenvalue weighted by Crippen LogP contribution is -2.15. The summed E-state index contributed by atoms with van der Waals surface area (Å²) >= 11 is 0. The lowest BCUT2D eigenvalue weighted by Gasteiger charge is -2.27. The number of hydrogen-bond donors (Lipinski definition) is 1. The maximum atomic E-state index is 3.47. The molecule has 58 heavy (non-hydrogen) atoms. The second kappa shape index (κ2) is 15.0. The zero-order valence-corrected chi connectivity index (χ0v) is 32.8. The maximum Gasteiger partial charge on any atom is 0.0541 e. The van der Waals surface area contributed by atoms with Crippen molar-refractivity contribution in [2.45, 2.75) is 19.8 Å². The van der Waals surface area contributed by atoms with Crippen LogP contribution in [-0.4, -0.2) is 16.2 Å². The first-order valence-corrected chi connectivity index (χ1v) is 20.2. The highest BCUT2D eigenvalue weighted by Gasteiger charge is 2.18. The highest BCUT2D eigenvalue weighted by molar-refractivity contribution is 6.10. The normalized spacial score (nSPS) is 13.4. The van der Waals surface area contributed by atoms with Crippen LogP contribution in [0.3, 0.4) is 0 Å². The van der Waals surface area contributed by atoms with E-state index in [4.69, 9.17) is 0 Å². The van der Waals surface area contributed by atoms with Crippen LogP contribution in [0.1, 0.15) is 30.9 Å². The van der Waals surface area contributed by atoms with E-state index >= 15 is 0 Å². The molecule has 0 amide bonds. The maximum absolute atomic E-state index is 3.47. The molecule has 0 aliphatic heterocycles. The van der Waals surface area contributed by atoms with Gasteiger partial charge < -0.3 is 19.4 Å². The van der Waals surface area contributed by atoms with Crippen molar-refractivity contribution in [1.29, 1.82) is 0 Å². The molecular weight excluding hydrogens is 705 g/mol. The van der Waals surface area contributed by atoms with Gasteiger partial charge >= 0.3 is 0 Å². The molecule has 1 aliphatic carbocycles. The van der Waals surface area contributed by atoms with Gasteiger partial charge in [0, 0.05) is 68.3 Å². The minimum Gasteiger partial charge on any atom is -0.391 e. The largest absolute Gasteiger partial charge is 0.391 e. The van der Waals surface area contributed by atoms with Crippen LogP contribution in [0.15, 0.2) is 206 Å². The second-order valence-electron chi connectivity index (χ2n) is 14.8. The van der Waals surface area contributed by atoms with E-state index in [9.17, 15) is 0 Å². The Hall–Kier alpha value is -7.30. The summed E-state index contributed by atoms with van der Waals surface area (Å²) in [6.07, 6.45) is 13.3. The number of para-hydroxylation sites is 4. The van der Waals surface area contributed by atoms with E-state index in [1.807, 2.05) is 7.05 Å². The Morgan fingerprint density at radius 1 is 0.552 bits per heavy atom. The molecule has 2 aromatic heterocycles. The van der Waals surface area contributed by atoms with E-state index in [-0.39, 0.29) is 0 Å². The summed E-state index contributed by atoms with van der Waals surface area (Å²) in [5.41, 5.74) is 15.2. The minimum atomic E-state index is 1.02. The Kier molecular flexibility index (Phi) is 9.08. The van der Waals surface area contributed by atoms with Crippen molar-refractivity contribution < 1.29 is 0 Å². The Bertz CT molecular complexity index is 2830. The third kappa shape index (κ3) is 6.02. The van der Waals surface area contributed by atoms with Crippen LogP contribution in [0.2, 0.25) is 0 Å². The van der Waals surface area contributed by atoms with Crippen LogP contribution >= 0.6 is 0 Å². The number of allylic oxidation sites excluding steroid dienone is 6. The Balaban J connectivity index is 1.09. The van der Waals surface area contributed by atoms with E-state index in [0.29, 0.717) is 0 Å². The van der Waals surface area contributed by atoms with Crippen molar-refractivity contribution in [2.75, 3.05) is 11.9 Å². The first-order valence-electron chi connectivity index (χ1n) is 20.2. The van der Waals surface area contributed by atoms with Crippen molar-refractivity contribution in [2.24, 2.45) is 0 Å². The molecule has 10 rings (SSSR count). The number of anilines is 2. The average Bonchev–Trinajstić information content (AvgIpc) is 3.81. The number of benzene rings is 7. The molecule has 0 radical (unpaired) electrons. The molecule has 0 bridgehead atoms. The highest BCUT2D eigenvalue weighted by atomic mass is 15.1. The summed E-state index contributed by atoms with van der Waals surface area (Å²) in [7, 11) is 2.03. The number of rotatable bonds is 9. The van der Waals surface area contributed by atoms with Crippen LogP contribution in [0, 0.1) is 0 Å². The van der Waals surface area contributed by atoms with Gasteiger partial charge in [0.2, 0.25) is 0 Å². The van der Waals surface area contributed by atoms with Gasteiger partial charge in [0.05, 0.1) is 22.1 Å². The SMILES string of the molecule is C/C=C(\C=C/c1ccccc1C1=C(NC)CCC=C1)N(c1ccc(-n2c3ccccc3c3ccccc32)cc1)c1ccc(-n2c3ccccc3c3ccccc32)cc1. The molecule has 9 aromatic rings. The number of fused-ring (bicyclic) bond motifs is 6. The standard InChI is InChI=1S/C54H44N4/c1-3-39(29-28-38-16-4-5-17-44(38)45-18-6-11-23-50(45)55-2)56(40-30-34-42(35-31-40)57-51-24-12-7-19-46(51)47-20-8-13-25-52(47)57)41-32-36-43(37-33-41)58-53-26-14-9-21-48(53)49-22-10-15-27-54(49)58/h3-10,12-22,24-37,55H,11,23H2,1-2H3/b29-28-,39-3+. The van der Waals surface area contributed by atoms with Gasteiger partial charge in [-0.05, 0) is 110 Å². The van der Waals surface area contributed by atoms with Crippen molar-refractivity contribution in [1.82, 2.24) is 14.5 Å². The molecule has 0 saturated carbocycles. The Labute approximate surface area is 339 Å². The minimum absolute atomic E-state index is 1.02. The number of nitrogens with one attached hydrogen (secondary N) is 1. The van der Waals surface area contributed by atoms with Gasteiger partial charge in [0.25, 0.3) is 0 Å². The zero-order chi connectivity index (χ0) is 39.0. The van der Waals surface area contributed by atoms with Crippen LogP contribution < -0.4 is 10.2 Å². The molecule has 7 aromatic carbocycles. The monoisotopic (exact) mass is 748 g/mol. The van der Waals surface area contributed by atoms with Gasteiger partial charge in [-0.25, -0.2) is 0 Å². The molecule has 4 nitrogen and oxygen atoms in total. The third-order valence-electron chi connectivity index (χ3n) is 11.6. The van der Waals surface area contributed by atoms with Gasteiger partial charge in [-0.1, -0.05) is 121 Å². The fourth-order valence-electron chi connectivity index (χ4n) is 8.89. The van der Waals surface area contributed by atoms with Crippen LogP contribution in [0.4, 0.5) is 11.4 Å². The highest BCUT2D eigenvalue weighted by Crippen LogP contribution is 2.38. The lowest BCUT2D eigenvalue weighted by atomic mass is 9.92. The summed E-state index contributed by atoms with van der Waals surface area (Å²) in [6, 6.07) is 61.5. The molecule has 2 heterocycles. The van der Waals surface area contributed by atoms with Gasteiger partial charge in [-0.3, -0.25) is 0 Å². The first-order chi connectivity index (χ1) is 28.7.